The van der Waals surface area contributed by atoms with Crippen LogP contribution < -0.4 is 4.72 Å². The van der Waals surface area contributed by atoms with Crippen molar-refractivity contribution in [3.8, 4) is 6.07 Å². The minimum absolute atomic E-state index is 0.0643. The lowest BCUT2D eigenvalue weighted by Gasteiger charge is -2.05. The van der Waals surface area contributed by atoms with Crippen LogP contribution in [0.4, 0.5) is 5.69 Å². The lowest BCUT2D eigenvalue weighted by molar-refractivity contribution is 0.282. The summed E-state index contributed by atoms with van der Waals surface area (Å²) in [6, 6.07) is 9.94. The molecule has 0 unspecified atom stereocenters. The number of aliphatic hydroxyl groups excluding tert-OH is 1. The molecule has 0 spiro atoms. The summed E-state index contributed by atoms with van der Waals surface area (Å²) < 4.78 is 4.37. The second-order valence-electron chi connectivity index (χ2n) is 4.18. The number of aromatic amines is 1. The Kier molecular flexibility index (Phi) is 3.65. The number of anilines is 1. The number of hydrogen-bond acceptors (Lipinski definition) is 5. The number of aliphatic hydroxyl groups is 1. The highest BCUT2D eigenvalue weighted by atomic mass is 32.2. The fourth-order valence-electron chi connectivity index (χ4n) is 1.93. The first-order chi connectivity index (χ1) is 9.81. The number of nitrogens with one attached hydrogen (secondary N) is 2. The molecule has 1 aromatic carbocycles. The van der Waals surface area contributed by atoms with Gasteiger partial charge in [0.2, 0.25) is 0 Å². The maximum absolute atomic E-state index is 9.05. The van der Waals surface area contributed by atoms with E-state index in [1.165, 1.54) is 11.9 Å². The maximum Gasteiger partial charge on any atom is 0.101 e. The molecule has 0 saturated heterocycles. The first kappa shape index (κ1) is 13.1. The molecule has 0 aliphatic heterocycles. The van der Waals surface area contributed by atoms with E-state index in [2.05, 4.69) is 15.8 Å². The minimum atomic E-state index is 0.0643. The molecule has 0 bridgehead atoms. The average Bonchev–Trinajstić information content (AvgIpc) is 3.11. The smallest absolute Gasteiger partial charge is 0.101 e. The van der Waals surface area contributed by atoms with E-state index >= 15 is 0 Å². The van der Waals surface area contributed by atoms with Crippen LogP contribution in [0.25, 0.3) is 10.9 Å². The third kappa shape index (κ3) is 2.39. The van der Waals surface area contributed by atoms with E-state index in [-0.39, 0.29) is 6.61 Å². The number of thiophene rings is 1. The normalized spacial score (nSPS) is 10.6. The van der Waals surface area contributed by atoms with Crippen LogP contribution in [-0.2, 0) is 6.61 Å². The summed E-state index contributed by atoms with van der Waals surface area (Å²) in [5.41, 5.74) is 3.43. The van der Waals surface area contributed by atoms with Gasteiger partial charge in [-0.1, -0.05) is 12.1 Å². The Bertz CT molecular complexity index is 785. The number of para-hydroxylation sites is 1. The van der Waals surface area contributed by atoms with Crippen molar-refractivity contribution >= 4 is 39.9 Å². The molecule has 6 heteroatoms. The molecular weight excluding hydrogens is 290 g/mol. The van der Waals surface area contributed by atoms with Crippen molar-refractivity contribution in [1.29, 1.82) is 5.26 Å². The zero-order chi connectivity index (χ0) is 13.9. The van der Waals surface area contributed by atoms with Gasteiger partial charge in [0, 0.05) is 11.6 Å². The van der Waals surface area contributed by atoms with Crippen molar-refractivity contribution in [1.82, 2.24) is 4.98 Å². The first-order valence-corrected chi connectivity index (χ1v) is 7.63. The number of aromatic nitrogens is 1. The maximum atomic E-state index is 9.05. The Morgan fingerprint density at radius 2 is 2.35 bits per heavy atom. The summed E-state index contributed by atoms with van der Waals surface area (Å²) in [5.74, 6) is 0. The fraction of sp³-hybridized carbons (Fsp3) is 0.0714. The Labute approximate surface area is 124 Å². The number of benzene rings is 1. The molecule has 0 aliphatic rings. The molecule has 0 saturated carbocycles. The van der Waals surface area contributed by atoms with Crippen LogP contribution in [0.3, 0.4) is 0 Å². The van der Waals surface area contributed by atoms with Crippen molar-refractivity contribution in [2.75, 3.05) is 4.72 Å². The number of H-pyrrole nitrogens is 1. The number of nitrogens with zero attached hydrogens (tertiary/aromatic N) is 1. The summed E-state index contributed by atoms with van der Waals surface area (Å²) in [4.78, 5) is 3.13. The van der Waals surface area contributed by atoms with Crippen molar-refractivity contribution in [2.45, 2.75) is 10.8 Å². The van der Waals surface area contributed by atoms with Crippen LogP contribution in [0.5, 0.6) is 0 Å². The van der Waals surface area contributed by atoms with E-state index < -0.39 is 0 Å². The topological polar surface area (TPSA) is 71.8 Å². The van der Waals surface area contributed by atoms with Gasteiger partial charge in [0.15, 0.2) is 0 Å². The van der Waals surface area contributed by atoms with Gasteiger partial charge in [0.05, 0.1) is 27.6 Å². The Hall–Kier alpha value is -1.94. The van der Waals surface area contributed by atoms with Gasteiger partial charge in [-0.3, -0.25) is 0 Å². The molecule has 0 atom stereocenters. The van der Waals surface area contributed by atoms with Gasteiger partial charge in [-0.2, -0.15) is 5.26 Å². The Morgan fingerprint density at radius 3 is 3.10 bits per heavy atom. The van der Waals surface area contributed by atoms with Crippen LogP contribution in [0.1, 0.15) is 11.1 Å². The lowest BCUT2D eigenvalue weighted by atomic mass is 10.2. The number of nitriles is 1. The summed E-state index contributed by atoms with van der Waals surface area (Å²) >= 11 is 3.08. The second-order valence-corrected chi connectivity index (χ2v) is 6.20. The molecule has 3 N–H and O–H groups in total. The van der Waals surface area contributed by atoms with Gasteiger partial charge in [-0.05, 0) is 35.0 Å². The molecule has 100 valence electrons. The van der Waals surface area contributed by atoms with Crippen LogP contribution in [0.2, 0.25) is 0 Å². The summed E-state index contributed by atoms with van der Waals surface area (Å²) in [7, 11) is 0. The molecule has 0 aliphatic carbocycles. The minimum Gasteiger partial charge on any atom is -0.392 e. The fourth-order valence-corrected chi connectivity index (χ4v) is 3.61. The predicted octanol–water partition coefficient (Wildman–Crippen LogP) is 3.71. The Balaban J connectivity index is 1.84. The number of fused-ring (bicyclic) bond motifs is 1. The highest BCUT2D eigenvalue weighted by molar-refractivity contribution is 8.02. The van der Waals surface area contributed by atoms with Gasteiger partial charge in [0.25, 0.3) is 0 Å². The van der Waals surface area contributed by atoms with Crippen molar-refractivity contribution < 1.29 is 5.11 Å². The zero-order valence-electron chi connectivity index (χ0n) is 10.4. The van der Waals surface area contributed by atoms with Crippen LogP contribution in [0, 0.1) is 11.3 Å². The van der Waals surface area contributed by atoms with Crippen molar-refractivity contribution in [3.05, 3.63) is 47.0 Å². The predicted molar refractivity (Wildman–Crippen MR) is 82.7 cm³/mol. The molecule has 4 nitrogen and oxygen atoms in total. The highest BCUT2D eigenvalue weighted by Crippen LogP contribution is 2.31. The van der Waals surface area contributed by atoms with Crippen molar-refractivity contribution in [3.63, 3.8) is 0 Å². The van der Waals surface area contributed by atoms with Gasteiger partial charge in [-0.25, -0.2) is 0 Å². The monoisotopic (exact) mass is 301 g/mol. The molecule has 2 heterocycles. The third-order valence-corrected chi connectivity index (χ3v) is 4.86. The molecule has 3 aromatic rings. The molecule has 0 radical (unpaired) electrons. The molecule has 20 heavy (non-hydrogen) atoms. The summed E-state index contributed by atoms with van der Waals surface area (Å²) in [5, 5.41) is 20.9. The van der Waals surface area contributed by atoms with Crippen LogP contribution in [0.15, 0.2) is 40.1 Å². The third-order valence-electron chi connectivity index (χ3n) is 2.91. The van der Waals surface area contributed by atoms with E-state index in [9.17, 15) is 0 Å². The largest absolute Gasteiger partial charge is 0.392 e. The van der Waals surface area contributed by atoms with Gasteiger partial charge >= 0.3 is 0 Å². The van der Waals surface area contributed by atoms with E-state index in [1.54, 1.807) is 17.5 Å². The number of rotatable bonds is 4. The van der Waals surface area contributed by atoms with Crippen LogP contribution in [-0.4, -0.2) is 10.1 Å². The van der Waals surface area contributed by atoms with E-state index in [0.717, 1.165) is 26.4 Å². The summed E-state index contributed by atoms with van der Waals surface area (Å²) in [6.45, 7) is 0.0643. The Morgan fingerprint density at radius 1 is 1.45 bits per heavy atom. The highest BCUT2D eigenvalue weighted by Gasteiger charge is 2.07. The molecule has 3 rings (SSSR count). The van der Waals surface area contributed by atoms with E-state index in [0.29, 0.717) is 5.56 Å². The molecular formula is C14H11N3OS2. The molecule has 0 fully saturated rings. The average molecular weight is 301 g/mol. The standard InChI is InChI=1S/C14H11N3OS2/c15-5-10-6-16-14-11(10)2-1-3-12(14)17-20-13-4-9(7-18)8-19-13/h1-4,6,8,16-18H,7H2. The second kappa shape index (κ2) is 5.59. The lowest BCUT2D eigenvalue weighted by Crippen LogP contribution is -1.86. The van der Waals surface area contributed by atoms with E-state index in [1.807, 2.05) is 29.6 Å². The first-order valence-electron chi connectivity index (χ1n) is 5.93. The van der Waals surface area contributed by atoms with Crippen LogP contribution >= 0.6 is 23.3 Å². The summed E-state index contributed by atoms with van der Waals surface area (Å²) in [6.07, 6.45) is 1.72. The van der Waals surface area contributed by atoms with Crippen molar-refractivity contribution in [2.24, 2.45) is 0 Å². The van der Waals surface area contributed by atoms with Gasteiger partial charge < -0.3 is 14.8 Å². The zero-order valence-corrected chi connectivity index (χ0v) is 12.0. The van der Waals surface area contributed by atoms with Gasteiger partial charge in [-0.15, -0.1) is 11.3 Å². The molecule has 2 aromatic heterocycles. The SMILES string of the molecule is N#Cc1c[nH]c2c(NSc3cc(CO)cs3)cccc12. The molecule has 0 amide bonds. The quantitative estimate of drug-likeness (QED) is 0.642. The number of hydrogen-bond donors (Lipinski definition) is 3. The van der Waals surface area contributed by atoms with E-state index in [4.69, 9.17) is 10.4 Å². The van der Waals surface area contributed by atoms with Gasteiger partial charge in [0.1, 0.15) is 6.07 Å².